The summed E-state index contributed by atoms with van der Waals surface area (Å²) in [6.45, 7) is 0.569. The quantitative estimate of drug-likeness (QED) is 0.869. The van der Waals surface area contributed by atoms with Crippen molar-refractivity contribution < 1.29 is 4.79 Å². The number of aryl methyl sites for hydroxylation is 2. The zero-order chi connectivity index (χ0) is 13.1. The summed E-state index contributed by atoms with van der Waals surface area (Å²) in [5.74, 6) is 0.00886. The van der Waals surface area contributed by atoms with Crippen LogP contribution in [0.25, 0.3) is 0 Å². The largest absolute Gasteiger partial charge is 0.367 e. The molecule has 98 valence electrons. The first kappa shape index (κ1) is 12.0. The summed E-state index contributed by atoms with van der Waals surface area (Å²) >= 11 is 0. The zero-order valence-electron chi connectivity index (χ0n) is 10.9. The van der Waals surface area contributed by atoms with E-state index in [0.717, 1.165) is 24.0 Å². The second-order valence-corrected chi connectivity index (χ2v) is 5.09. The first-order chi connectivity index (χ1) is 9.33. The van der Waals surface area contributed by atoms with Gasteiger partial charge in [0.25, 0.3) is 5.91 Å². The maximum atomic E-state index is 12.1. The van der Waals surface area contributed by atoms with Crippen LogP contribution in [0.15, 0.2) is 36.7 Å². The third-order valence-electron chi connectivity index (χ3n) is 3.73. The molecule has 0 aliphatic heterocycles. The van der Waals surface area contributed by atoms with Crippen molar-refractivity contribution in [3.8, 4) is 0 Å². The smallest absolute Gasteiger partial charge is 0.251 e. The maximum Gasteiger partial charge on any atom is 0.251 e. The van der Waals surface area contributed by atoms with Gasteiger partial charge in [0.2, 0.25) is 0 Å². The molecule has 0 atom stereocenters. The van der Waals surface area contributed by atoms with Crippen molar-refractivity contribution in [1.29, 1.82) is 0 Å². The summed E-state index contributed by atoms with van der Waals surface area (Å²) in [5, 5.41) is 2.95. The molecule has 3 rings (SSSR count). The summed E-state index contributed by atoms with van der Waals surface area (Å²) in [6, 6.07) is 8.07. The van der Waals surface area contributed by atoms with Crippen molar-refractivity contribution >= 4 is 5.91 Å². The first-order valence-corrected chi connectivity index (χ1v) is 6.84. The van der Waals surface area contributed by atoms with Crippen molar-refractivity contribution in [1.82, 2.24) is 10.3 Å². The molecular weight excluding hydrogens is 236 g/mol. The molecule has 0 radical (unpaired) electrons. The molecule has 1 heterocycles. The van der Waals surface area contributed by atoms with Crippen LogP contribution in [-0.2, 0) is 19.4 Å². The lowest BCUT2D eigenvalue weighted by atomic mass is 9.90. The second-order valence-electron chi connectivity index (χ2n) is 5.09. The monoisotopic (exact) mass is 254 g/mol. The molecule has 2 aromatic rings. The van der Waals surface area contributed by atoms with E-state index >= 15 is 0 Å². The fraction of sp³-hybridized carbons (Fsp3) is 0.312. The van der Waals surface area contributed by atoms with E-state index in [1.54, 1.807) is 0 Å². The lowest BCUT2D eigenvalue weighted by molar-refractivity contribution is 0.0951. The van der Waals surface area contributed by atoms with Crippen LogP contribution in [0.4, 0.5) is 0 Å². The minimum Gasteiger partial charge on any atom is -0.367 e. The Bertz CT molecular complexity index is 572. The van der Waals surface area contributed by atoms with Crippen molar-refractivity contribution in [3.05, 3.63) is 58.9 Å². The van der Waals surface area contributed by atoms with E-state index in [1.165, 1.54) is 24.0 Å². The van der Waals surface area contributed by atoms with Gasteiger partial charge < -0.3 is 10.3 Å². The van der Waals surface area contributed by atoms with Crippen molar-refractivity contribution in [2.75, 3.05) is 0 Å². The Morgan fingerprint density at radius 1 is 1.16 bits per heavy atom. The van der Waals surface area contributed by atoms with Gasteiger partial charge in [-0.25, -0.2) is 0 Å². The van der Waals surface area contributed by atoms with Crippen LogP contribution >= 0.6 is 0 Å². The van der Waals surface area contributed by atoms with E-state index in [2.05, 4.69) is 22.4 Å². The van der Waals surface area contributed by atoms with Crippen molar-refractivity contribution in [2.45, 2.75) is 32.2 Å². The zero-order valence-corrected chi connectivity index (χ0v) is 10.9. The number of benzene rings is 1. The van der Waals surface area contributed by atoms with Gasteiger partial charge in [-0.2, -0.15) is 0 Å². The highest BCUT2D eigenvalue weighted by atomic mass is 16.1. The third kappa shape index (κ3) is 2.70. The lowest BCUT2D eigenvalue weighted by Gasteiger charge is -2.16. The van der Waals surface area contributed by atoms with Gasteiger partial charge in [-0.1, -0.05) is 6.07 Å². The molecule has 2 N–H and O–H groups in total. The molecular formula is C16H18N2O. The molecule has 0 spiro atoms. The van der Waals surface area contributed by atoms with Crippen LogP contribution in [0.1, 0.15) is 39.9 Å². The van der Waals surface area contributed by atoms with Gasteiger partial charge in [0.15, 0.2) is 0 Å². The number of hydrogen-bond donors (Lipinski definition) is 2. The summed E-state index contributed by atoms with van der Waals surface area (Å²) in [5.41, 5.74) is 4.62. The Balaban J connectivity index is 1.69. The Morgan fingerprint density at radius 3 is 2.79 bits per heavy atom. The lowest BCUT2D eigenvalue weighted by Crippen LogP contribution is -2.23. The van der Waals surface area contributed by atoms with Crippen molar-refractivity contribution in [3.63, 3.8) is 0 Å². The van der Waals surface area contributed by atoms with Gasteiger partial charge >= 0.3 is 0 Å². The Kier molecular flexibility index (Phi) is 3.36. The van der Waals surface area contributed by atoms with Crippen LogP contribution in [0.3, 0.4) is 0 Å². The van der Waals surface area contributed by atoms with E-state index in [-0.39, 0.29) is 5.91 Å². The highest BCUT2D eigenvalue weighted by Gasteiger charge is 2.12. The predicted octanol–water partition coefficient (Wildman–Crippen LogP) is 2.82. The number of aromatic amines is 1. The maximum absolute atomic E-state index is 12.1. The van der Waals surface area contributed by atoms with E-state index in [1.807, 2.05) is 24.5 Å². The molecule has 1 aromatic heterocycles. The van der Waals surface area contributed by atoms with Crippen LogP contribution in [0.2, 0.25) is 0 Å². The fourth-order valence-corrected chi connectivity index (χ4v) is 2.63. The molecule has 1 aliphatic rings. The minimum absolute atomic E-state index is 0.00886. The van der Waals surface area contributed by atoms with E-state index < -0.39 is 0 Å². The van der Waals surface area contributed by atoms with Crippen molar-refractivity contribution in [2.24, 2.45) is 0 Å². The van der Waals surface area contributed by atoms with Gasteiger partial charge in [0.1, 0.15) is 0 Å². The van der Waals surface area contributed by atoms with Gasteiger partial charge in [-0.05, 0) is 60.6 Å². The number of fused-ring (bicyclic) bond motifs is 1. The number of aromatic nitrogens is 1. The van der Waals surface area contributed by atoms with Crippen LogP contribution in [0.5, 0.6) is 0 Å². The Labute approximate surface area is 113 Å². The van der Waals surface area contributed by atoms with Crippen LogP contribution in [0, 0.1) is 0 Å². The van der Waals surface area contributed by atoms with E-state index in [9.17, 15) is 4.79 Å². The fourth-order valence-electron chi connectivity index (χ4n) is 2.63. The summed E-state index contributed by atoms with van der Waals surface area (Å²) in [7, 11) is 0. The van der Waals surface area contributed by atoms with Gasteiger partial charge in [0, 0.05) is 24.5 Å². The summed E-state index contributed by atoms with van der Waals surface area (Å²) < 4.78 is 0. The third-order valence-corrected chi connectivity index (χ3v) is 3.73. The van der Waals surface area contributed by atoms with Crippen LogP contribution in [-0.4, -0.2) is 10.9 Å². The number of nitrogens with one attached hydrogen (secondary N) is 2. The molecule has 3 heteroatoms. The average Bonchev–Trinajstić information content (AvgIpc) is 2.97. The van der Waals surface area contributed by atoms with E-state index in [0.29, 0.717) is 6.54 Å². The van der Waals surface area contributed by atoms with Gasteiger partial charge in [-0.15, -0.1) is 0 Å². The molecule has 19 heavy (non-hydrogen) atoms. The molecule has 1 aromatic carbocycles. The number of amides is 1. The highest BCUT2D eigenvalue weighted by Crippen LogP contribution is 2.22. The highest BCUT2D eigenvalue weighted by molar-refractivity contribution is 5.94. The van der Waals surface area contributed by atoms with Crippen LogP contribution < -0.4 is 5.32 Å². The molecule has 0 fully saturated rings. The van der Waals surface area contributed by atoms with Gasteiger partial charge in [0.05, 0.1) is 0 Å². The standard InChI is InChI=1S/C16H18N2O/c19-16(18-11-12-7-8-17-10-12)15-6-5-13-3-1-2-4-14(13)9-15/h5-10,17H,1-4,11H2,(H,18,19). The second kappa shape index (κ2) is 5.31. The molecule has 0 saturated heterocycles. The number of rotatable bonds is 3. The average molecular weight is 254 g/mol. The number of H-pyrrole nitrogens is 1. The molecule has 1 amide bonds. The normalized spacial score (nSPS) is 13.9. The summed E-state index contributed by atoms with van der Waals surface area (Å²) in [4.78, 5) is 15.1. The number of hydrogen-bond acceptors (Lipinski definition) is 1. The molecule has 0 bridgehead atoms. The molecule has 1 aliphatic carbocycles. The number of carbonyl (C=O) groups excluding carboxylic acids is 1. The SMILES string of the molecule is O=C(NCc1cc[nH]c1)c1ccc2c(c1)CCCC2. The topological polar surface area (TPSA) is 44.9 Å². The first-order valence-electron chi connectivity index (χ1n) is 6.84. The summed E-state index contributed by atoms with van der Waals surface area (Å²) in [6.07, 6.45) is 8.52. The number of carbonyl (C=O) groups is 1. The Hall–Kier alpha value is -2.03. The minimum atomic E-state index is 0.00886. The molecule has 0 saturated carbocycles. The van der Waals surface area contributed by atoms with Gasteiger partial charge in [-0.3, -0.25) is 4.79 Å². The van der Waals surface area contributed by atoms with E-state index in [4.69, 9.17) is 0 Å². The Morgan fingerprint density at radius 2 is 2.00 bits per heavy atom. The molecule has 0 unspecified atom stereocenters. The predicted molar refractivity (Wildman–Crippen MR) is 75.0 cm³/mol. The molecule has 3 nitrogen and oxygen atoms in total.